The van der Waals surface area contributed by atoms with E-state index in [9.17, 15) is 9.59 Å². The fraction of sp³-hybridized carbons (Fsp3) is 0.455. The van der Waals surface area contributed by atoms with E-state index in [0.717, 1.165) is 69.4 Å². The smallest absolute Gasteiger partial charge is 0.271 e. The molecule has 2 aliphatic rings. The van der Waals surface area contributed by atoms with E-state index in [4.69, 9.17) is 10.5 Å². The van der Waals surface area contributed by atoms with Crippen LogP contribution in [0, 0.1) is 0 Å². The molecule has 2 fully saturated rings. The number of carbonyl (C=O) groups is 2. The molecule has 0 spiro atoms. The molecule has 32 heavy (non-hydrogen) atoms. The predicted octanol–water partition coefficient (Wildman–Crippen LogP) is 1.64. The molecule has 2 aromatic rings. The first kappa shape index (κ1) is 23.3. The molecule has 0 aliphatic carbocycles. The van der Waals surface area contributed by atoms with Crippen molar-refractivity contribution >= 4 is 34.8 Å². The van der Waals surface area contributed by atoms with Crippen molar-refractivity contribution in [2.75, 3.05) is 54.5 Å². The van der Waals surface area contributed by atoms with Gasteiger partial charge in [-0.1, -0.05) is 0 Å². The van der Waals surface area contributed by atoms with Gasteiger partial charge in [0, 0.05) is 44.5 Å². The van der Waals surface area contributed by atoms with E-state index in [1.165, 1.54) is 13.3 Å². The van der Waals surface area contributed by atoms with E-state index < -0.39 is 5.91 Å². The van der Waals surface area contributed by atoms with Gasteiger partial charge in [-0.15, -0.1) is 0 Å². The van der Waals surface area contributed by atoms with Crippen molar-refractivity contribution in [3.8, 4) is 0 Å². The average Bonchev–Trinajstić information content (AvgIpc) is 2.80. The van der Waals surface area contributed by atoms with Crippen molar-refractivity contribution < 1.29 is 14.3 Å². The Kier molecular flexibility index (Phi) is 8.20. The first-order chi connectivity index (χ1) is 15.4. The number of nitrogens with one attached hydrogen (secondary N) is 1. The van der Waals surface area contributed by atoms with E-state index in [1.54, 1.807) is 6.20 Å². The molecular weight excluding hydrogens is 410 g/mol. The number of nitrogens with two attached hydrogens (primary N) is 2. The zero-order chi connectivity index (χ0) is 22.9. The molecule has 0 atom stereocenters. The molecule has 2 amide bonds. The third-order valence-electron chi connectivity index (χ3n) is 5.18. The van der Waals surface area contributed by atoms with Gasteiger partial charge in [0.15, 0.2) is 11.5 Å². The van der Waals surface area contributed by atoms with Gasteiger partial charge in [0.1, 0.15) is 5.82 Å². The highest BCUT2D eigenvalue weighted by Crippen LogP contribution is 2.25. The molecule has 1 aromatic heterocycles. The van der Waals surface area contributed by atoms with Crippen LogP contribution in [0.1, 0.15) is 36.7 Å². The van der Waals surface area contributed by atoms with E-state index in [-0.39, 0.29) is 11.6 Å². The van der Waals surface area contributed by atoms with Crippen LogP contribution in [-0.2, 0) is 9.53 Å². The summed E-state index contributed by atoms with van der Waals surface area (Å²) in [6.07, 6.45) is 5.16. The Bertz CT molecular complexity index is 904. The Hall–Kier alpha value is -3.40. The zero-order valence-electron chi connectivity index (χ0n) is 18.4. The summed E-state index contributed by atoms with van der Waals surface area (Å²) < 4.78 is 5.40. The number of carbonyl (C=O) groups excluding carboxylic acids is 2. The standard InChI is InChI=1S/C20H26N6O2.C2H5NO/c21-19(27)18-20(24-17(14-22-18)26-8-2-1-3-9-26)23-15-4-6-16(7-5-15)25-10-12-28-13-11-25;1-2(3)4/h4-7,14H,1-3,8-13H2,(H2,21,27)(H,23,24);1H3,(H2,3,4). The summed E-state index contributed by atoms with van der Waals surface area (Å²) in [5.74, 6) is 0.247. The number of amides is 2. The van der Waals surface area contributed by atoms with Crippen molar-refractivity contribution in [3.05, 3.63) is 36.2 Å². The molecule has 3 heterocycles. The van der Waals surface area contributed by atoms with Gasteiger partial charge < -0.3 is 31.3 Å². The summed E-state index contributed by atoms with van der Waals surface area (Å²) in [6, 6.07) is 8.06. The summed E-state index contributed by atoms with van der Waals surface area (Å²) in [7, 11) is 0. The van der Waals surface area contributed by atoms with E-state index >= 15 is 0 Å². The molecule has 2 saturated heterocycles. The van der Waals surface area contributed by atoms with Crippen LogP contribution < -0.4 is 26.6 Å². The molecule has 1 aromatic carbocycles. The summed E-state index contributed by atoms with van der Waals surface area (Å²) in [4.78, 5) is 34.4. The summed E-state index contributed by atoms with van der Waals surface area (Å²) >= 11 is 0. The Balaban J connectivity index is 0.000000668. The van der Waals surface area contributed by atoms with Gasteiger partial charge in [0.25, 0.3) is 5.91 Å². The number of morpholine rings is 1. The number of benzene rings is 1. The normalized spacial score (nSPS) is 16.0. The number of primary amides is 2. The van der Waals surface area contributed by atoms with E-state index in [1.807, 2.05) is 12.1 Å². The molecule has 2 aliphatic heterocycles. The highest BCUT2D eigenvalue weighted by atomic mass is 16.5. The molecule has 5 N–H and O–H groups in total. The summed E-state index contributed by atoms with van der Waals surface area (Å²) in [5.41, 5.74) is 12.1. The second-order valence-electron chi connectivity index (χ2n) is 7.72. The van der Waals surface area contributed by atoms with Crippen molar-refractivity contribution in [2.24, 2.45) is 11.5 Å². The number of hydrogen-bond donors (Lipinski definition) is 3. The van der Waals surface area contributed by atoms with Gasteiger partial charge in [0.2, 0.25) is 5.91 Å². The maximum Gasteiger partial charge on any atom is 0.271 e. The minimum absolute atomic E-state index is 0.151. The van der Waals surface area contributed by atoms with Crippen molar-refractivity contribution in [1.82, 2.24) is 9.97 Å². The molecule has 0 radical (unpaired) electrons. The molecule has 0 bridgehead atoms. The fourth-order valence-corrected chi connectivity index (χ4v) is 3.64. The number of anilines is 4. The SMILES string of the molecule is CC(N)=O.NC(=O)c1ncc(N2CCCCC2)nc1Nc1ccc(N2CCOCC2)cc1. The Morgan fingerprint density at radius 1 is 0.969 bits per heavy atom. The van der Waals surface area contributed by atoms with Crippen LogP contribution in [-0.4, -0.2) is 61.2 Å². The fourth-order valence-electron chi connectivity index (χ4n) is 3.64. The van der Waals surface area contributed by atoms with Gasteiger partial charge in [-0.3, -0.25) is 9.59 Å². The van der Waals surface area contributed by atoms with Crippen LogP contribution in [0.5, 0.6) is 0 Å². The highest BCUT2D eigenvalue weighted by molar-refractivity contribution is 5.96. The summed E-state index contributed by atoms with van der Waals surface area (Å²) in [6.45, 7) is 6.50. The summed E-state index contributed by atoms with van der Waals surface area (Å²) in [5, 5.41) is 3.22. The molecule has 10 nitrogen and oxygen atoms in total. The Morgan fingerprint density at radius 2 is 1.59 bits per heavy atom. The van der Waals surface area contributed by atoms with Gasteiger partial charge in [-0.25, -0.2) is 9.97 Å². The molecular formula is C22H31N7O3. The lowest BCUT2D eigenvalue weighted by Crippen LogP contribution is -2.36. The lowest BCUT2D eigenvalue weighted by atomic mass is 10.1. The molecule has 4 rings (SSSR count). The Labute approximate surface area is 187 Å². The number of nitrogens with zero attached hydrogens (tertiary/aromatic N) is 4. The second-order valence-corrected chi connectivity index (χ2v) is 7.72. The van der Waals surface area contributed by atoms with Crippen molar-refractivity contribution in [2.45, 2.75) is 26.2 Å². The third kappa shape index (κ3) is 6.55. The number of aromatic nitrogens is 2. The van der Waals surface area contributed by atoms with Crippen molar-refractivity contribution in [3.63, 3.8) is 0 Å². The van der Waals surface area contributed by atoms with Crippen LogP contribution in [0.15, 0.2) is 30.5 Å². The molecule has 10 heteroatoms. The van der Waals surface area contributed by atoms with Crippen LogP contribution in [0.25, 0.3) is 0 Å². The van der Waals surface area contributed by atoms with Crippen molar-refractivity contribution in [1.29, 1.82) is 0 Å². The van der Waals surface area contributed by atoms with Gasteiger partial charge in [-0.2, -0.15) is 0 Å². The van der Waals surface area contributed by atoms with Gasteiger partial charge >= 0.3 is 0 Å². The largest absolute Gasteiger partial charge is 0.378 e. The van der Waals surface area contributed by atoms with Crippen LogP contribution in [0.2, 0.25) is 0 Å². The van der Waals surface area contributed by atoms with Gasteiger partial charge in [0.05, 0.1) is 19.4 Å². The van der Waals surface area contributed by atoms with Crippen LogP contribution >= 0.6 is 0 Å². The average molecular weight is 442 g/mol. The van der Waals surface area contributed by atoms with Crippen LogP contribution in [0.4, 0.5) is 23.0 Å². The minimum atomic E-state index is -0.592. The second kappa shape index (κ2) is 11.3. The highest BCUT2D eigenvalue weighted by Gasteiger charge is 2.18. The predicted molar refractivity (Wildman–Crippen MR) is 124 cm³/mol. The quantitative estimate of drug-likeness (QED) is 0.636. The number of ether oxygens (including phenoxy) is 1. The van der Waals surface area contributed by atoms with E-state index in [2.05, 4.69) is 43.0 Å². The number of piperidine rings is 1. The first-order valence-corrected chi connectivity index (χ1v) is 10.8. The molecule has 0 unspecified atom stereocenters. The first-order valence-electron chi connectivity index (χ1n) is 10.8. The lowest BCUT2D eigenvalue weighted by Gasteiger charge is -2.29. The molecule has 0 saturated carbocycles. The number of hydrogen-bond acceptors (Lipinski definition) is 8. The van der Waals surface area contributed by atoms with Gasteiger partial charge in [-0.05, 0) is 43.5 Å². The monoisotopic (exact) mass is 441 g/mol. The zero-order valence-corrected chi connectivity index (χ0v) is 18.4. The maximum atomic E-state index is 11.8. The van der Waals surface area contributed by atoms with E-state index in [0.29, 0.717) is 5.82 Å². The maximum absolute atomic E-state index is 11.8. The Morgan fingerprint density at radius 3 is 2.19 bits per heavy atom. The van der Waals surface area contributed by atoms with Crippen LogP contribution in [0.3, 0.4) is 0 Å². The topological polar surface area (TPSA) is 140 Å². The minimum Gasteiger partial charge on any atom is -0.378 e. The lowest BCUT2D eigenvalue weighted by molar-refractivity contribution is -0.115. The number of rotatable bonds is 5. The molecule has 172 valence electrons. The third-order valence-corrected chi connectivity index (χ3v) is 5.18.